The molecule has 0 fully saturated rings. The van der Waals surface area contributed by atoms with Crippen LogP contribution in [0.5, 0.6) is 5.75 Å². The Morgan fingerprint density at radius 3 is 2.95 bits per heavy atom. The molecule has 0 radical (unpaired) electrons. The Morgan fingerprint density at radius 1 is 1.58 bits per heavy atom. The molecular weight excluding hydrogens is 319 g/mol. The number of halogens is 2. The van der Waals surface area contributed by atoms with Crippen LogP contribution in [0, 0.1) is 5.82 Å². The van der Waals surface area contributed by atoms with E-state index in [1.54, 1.807) is 13.1 Å². The number of hydrogen-bond acceptors (Lipinski definition) is 3. The van der Waals surface area contributed by atoms with Gasteiger partial charge >= 0.3 is 5.97 Å². The third-order valence-corrected chi connectivity index (χ3v) is 3.04. The molecule has 0 bridgehead atoms. The first-order chi connectivity index (χ1) is 8.99. The van der Waals surface area contributed by atoms with Crippen molar-refractivity contribution in [2.75, 3.05) is 0 Å². The normalized spacial score (nSPS) is 10.5. The van der Waals surface area contributed by atoms with Crippen molar-refractivity contribution in [3.05, 3.63) is 45.9 Å². The van der Waals surface area contributed by atoms with Crippen molar-refractivity contribution in [1.82, 2.24) is 9.78 Å². The number of carbonyl (C=O) groups is 1. The van der Waals surface area contributed by atoms with Crippen LogP contribution in [0.4, 0.5) is 4.39 Å². The van der Waals surface area contributed by atoms with Gasteiger partial charge in [-0.3, -0.25) is 4.68 Å². The van der Waals surface area contributed by atoms with E-state index in [9.17, 15) is 9.18 Å². The van der Waals surface area contributed by atoms with Gasteiger partial charge in [0.1, 0.15) is 12.2 Å². The van der Waals surface area contributed by atoms with Crippen LogP contribution < -0.4 is 4.74 Å². The van der Waals surface area contributed by atoms with Crippen molar-refractivity contribution in [3.63, 3.8) is 0 Å². The van der Waals surface area contributed by atoms with E-state index in [2.05, 4.69) is 21.0 Å². The Hall–Kier alpha value is -1.89. The van der Waals surface area contributed by atoms with Gasteiger partial charge in [-0.2, -0.15) is 5.10 Å². The van der Waals surface area contributed by atoms with Crippen molar-refractivity contribution < 1.29 is 19.0 Å². The number of nitrogens with zero attached hydrogens (tertiary/aromatic N) is 2. The SMILES string of the molecule is Cn1ncc(C(=O)O)c1COc1ccc(Br)cc1F. The maximum absolute atomic E-state index is 13.5. The maximum Gasteiger partial charge on any atom is 0.339 e. The van der Waals surface area contributed by atoms with Gasteiger partial charge in [0.15, 0.2) is 11.6 Å². The van der Waals surface area contributed by atoms with E-state index in [0.29, 0.717) is 10.2 Å². The Morgan fingerprint density at radius 2 is 2.32 bits per heavy atom. The van der Waals surface area contributed by atoms with Gasteiger partial charge in [0.25, 0.3) is 0 Å². The fraction of sp³-hybridized carbons (Fsp3) is 0.167. The maximum atomic E-state index is 13.5. The van der Waals surface area contributed by atoms with E-state index < -0.39 is 11.8 Å². The molecule has 19 heavy (non-hydrogen) atoms. The number of ether oxygens (including phenoxy) is 1. The van der Waals surface area contributed by atoms with E-state index in [1.165, 1.54) is 23.0 Å². The molecule has 0 saturated carbocycles. The van der Waals surface area contributed by atoms with Gasteiger partial charge in [-0.1, -0.05) is 15.9 Å². The van der Waals surface area contributed by atoms with E-state index >= 15 is 0 Å². The van der Waals surface area contributed by atoms with Crippen LogP contribution in [0.1, 0.15) is 16.1 Å². The average molecular weight is 329 g/mol. The van der Waals surface area contributed by atoms with Gasteiger partial charge in [0, 0.05) is 11.5 Å². The molecule has 0 unspecified atom stereocenters. The fourth-order valence-electron chi connectivity index (χ4n) is 1.55. The number of carboxylic acid groups (broad SMARTS) is 1. The summed E-state index contributed by atoms with van der Waals surface area (Å²) in [5.74, 6) is -1.56. The summed E-state index contributed by atoms with van der Waals surface area (Å²) in [6.45, 7) is -0.0727. The molecular formula is C12H10BrFN2O3. The van der Waals surface area contributed by atoms with Crippen molar-refractivity contribution in [2.24, 2.45) is 7.05 Å². The molecule has 2 rings (SSSR count). The summed E-state index contributed by atoms with van der Waals surface area (Å²) in [4.78, 5) is 11.0. The highest BCUT2D eigenvalue weighted by Crippen LogP contribution is 2.22. The molecule has 0 aliphatic rings. The van der Waals surface area contributed by atoms with E-state index in [-0.39, 0.29) is 17.9 Å². The summed E-state index contributed by atoms with van der Waals surface area (Å²) < 4.78 is 20.8. The second-order valence-corrected chi connectivity index (χ2v) is 4.71. The Kier molecular flexibility index (Phi) is 3.84. The zero-order valence-electron chi connectivity index (χ0n) is 9.93. The average Bonchev–Trinajstić information content (AvgIpc) is 2.70. The molecule has 100 valence electrons. The topological polar surface area (TPSA) is 64.4 Å². The molecule has 1 aromatic heterocycles. The molecule has 2 aromatic rings. The summed E-state index contributed by atoms with van der Waals surface area (Å²) in [7, 11) is 1.60. The third kappa shape index (κ3) is 2.93. The van der Waals surface area contributed by atoms with Crippen molar-refractivity contribution >= 4 is 21.9 Å². The van der Waals surface area contributed by atoms with Crippen LogP contribution >= 0.6 is 15.9 Å². The molecule has 7 heteroatoms. The minimum absolute atomic E-state index is 0.0417. The van der Waals surface area contributed by atoms with Gasteiger partial charge < -0.3 is 9.84 Å². The van der Waals surface area contributed by atoms with Crippen molar-refractivity contribution in [3.8, 4) is 5.75 Å². The van der Waals surface area contributed by atoms with Gasteiger partial charge in [-0.25, -0.2) is 9.18 Å². The number of benzene rings is 1. The highest BCUT2D eigenvalue weighted by atomic mass is 79.9. The predicted octanol–water partition coefficient (Wildman–Crippen LogP) is 2.60. The largest absolute Gasteiger partial charge is 0.484 e. The quantitative estimate of drug-likeness (QED) is 0.936. The number of aryl methyl sites for hydroxylation is 1. The van der Waals surface area contributed by atoms with E-state index in [1.807, 2.05) is 0 Å². The fourth-order valence-corrected chi connectivity index (χ4v) is 1.88. The van der Waals surface area contributed by atoms with Crippen LogP contribution in [0.25, 0.3) is 0 Å². The zero-order chi connectivity index (χ0) is 14.0. The van der Waals surface area contributed by atoms with Crippen LogP contribution in [-0.2, 0) is 13.7 Å². The standard InChI is InChI=1S/C12H10BrFN2O3/c1-16-10(8(5-15-16)12(17)18)6-19-11-3-2-7(13)4-9(11)14/h2-5H,6H2,1H3,(H,17,18). The van der Waals surface area contributed by atoms with Gasteiger partial charge in [-0.05, 0) is 18.2 Å². The smallest absolute Gasteiger partial charge is 0.339 e. The molecule has 1 N–H and O–H groups in total. The first-order valence-electron chi connectivity index (χ1n) is 5.31. The Balaban J connectivity index is 2.19. The second-order valence-electron chi connectivity index (χ2n) is 3.80. The van der Waals surface area contributed by atoms with Crippen LogP contribution in [0.2, 0.25) is 0 Å². The van der Waals surface area contributed by atoms with E-state index in [0.717, 1.165) is 0 Å². The molecule has 0 aliphatic carbocycles. The molecule has 0 spiro atoms. The number of hydrogen-bond donors (Lipinski definition) is 1. The molecule has 0 amide bonds. The zero-order valence-corrected chi connectivity index (χ0v) is 11.5. The van der Waals surface area contributed by atoms with Crippen LogP contribution in [0.3, 0.4) is 0 Å². The minimum atomic E-state index is -1.09. The summed E-state index contributed by atoms with van der Waals surface area (Å²) in [6, 6.07) is 4.38. The van der Waals surface area contributed by atoms with E-state index in [4.69, 9.17) is 9.84 Å². The van der Waals surface area contributed by atoms with Crippen molar-refractivity contribution in [2.45, 2.75) is 6.61 Å². The number of carboxylic acids is 1. The lowest BCUT2D eigenvalue weighted by Crippen LogP contribution is -2.09. The molecule has 0 atom stereocenters. The lowest BCUT2D eigenvalue weighted by atomic mass is 10.2. The lowest BCUT2D eigenvalue weighted by Gasteiger charge is -2.08. The molecule has 0 saturated heterocycles. The Bertz CT molecular complexity index is 627. The lowest BCUT2D eigenvalue weighted by molar-refractivity contribution is 0.0693. The third-order valence-electron chi connectivity index (χ3n) is 2.55. The number of rotatable bonds is 4. The predicted molar refractivity (Wildman–Crippen MR) is 68.6 cm³/mol. The van der Waals surface area contributed by atoms with Crippen LogP contribution in [-0.4, -0.2) is 20.9 Å². The monoisotopic (exact) mass is 328 g/mol. The molecule has 5 nitrogen and oxygen atoms in total. The summed E-state index contributed by atoms with van der Waals surface area (Å²) >= 11 is 3.14. The van der Waals surface area contributed by atoms with Crippen LogP contribution in [0.15, 0.2) is 28.9 Å². The highest BCUT2D eigenvalue weighted by Gasteiger charge is 2.16. The van der Waals surface area contributed by atoms with Gasteiger partial charge in [0.2, 0.25) is 0 Å². The number of aromatic carboxylic acids is 1. The first kappa shape index (κ1) is 13.5. The minimum Gasteiger partial charge on any atom is -0.484 e. The highest BCUT2D eigenvalue weighted by molar-refractivity contribution is 9.10. The summed E-state index contributed by atoms with van der Waals surface area (Å²) in [6.07, 6.45) is 1.24. The first-order valence-corrected chi connectivity index (χ1v) is 6.10. The van der Waals surface area contributed by atoms with Gasteiger partial charge in [0.05, 0.1) is 11.9 Å². The molecule has 0 aliphatic heterocycles. The van der Waals surface area contributed by atoms with Crippen molar-refractivity contribution in [1.29, 1.82) is 0 Å². The Labute approximate surface area is 116 Å². The molecule has 1 heterocycles. The molecule has 1 aromatic carbocycles. The summed E-state index contributed by atoms with van der Waals surface area (Å²) in [5.41, 5.74) is 0.412. The number of aromatic nitrogens is 2. The second kappa shape index (κ2) is 5.40. The van der Waals surface area contributed by atoms with Gasteiger partial charge in [-0.15, -0.1) is 0 Å². The summed E-state index contributed by atoms with van der Waals surface area (Å²) in [5, 5.41) is 12.8.